The highest BCUT2D eigenvalue weighted by molar-refractivity contribution is 7.13. The lowest BCUT2D eigenvalue weighted by Crippen LogP contribution is -2.42. The Kier molecular flexibility index (Phi) is 6.41. The highest BCUT2D eigenvalue weighted by Gasteiger charge is 2.20. The Balaban J connectivity index is 2.31. The summed E-state index contributed by atoms with van der Waals surface area (Å²) in [6.45, 7) is 8.56. The molecule has 0 saturated heterocycles. The van der Waals surface area contributed by atoms with E-state index in [9.17, 15) is 9.59 Å². The van der Waals surface area contributed by atoms with Gasteiger partial charge in [0.15, 0.2) is 5.13 Å². The van der Waals surface area contributed by atoms with E-state index >= 15 is 0 Å². The van der Waals surface area contributed by atoms with E-state index in [0.717, 1.165) is 0 Å². The monoisotopic (exact) mass is 314 g/mol. The van der Waals surface area contributed by atoms with Crippen LogP contribution in [0.4, 0.5) is 14.7 Å². The van der Waals surface area contributed by atoms with Gasteiger partial charge in [-0.1, -0.05) is 0 Å². The molecule has 118 valence electrons. The number of hydrogen-bond donors (Lipinski definition) is 2. The summed E-state index contributed by atoms with van der Waals surface area (Å²) in [7, 11) is 0. The SMILES string of the molecule is CCN(CCNC(=O)Nc1nccs1)C(=O)OC(C)(C)C. The predicted molar refractivity (Wildman–Crippen MR) is 82.6 cm³/mol. The maximum Gasteiger partial charge on any atom is 0.410 e. The van der Waals surface area contributed by atoms with Crippen molar-refractivity contribution in [1.82, 2.24) is 15.2 Å². The van der Waals surface area contributed by atoms with Crippen LogP contribution in [-0.4, -0.2) is 47.2 Å². The fraction of sp³-hybridized carbons (Fsp3) is 0.615. The van der Waals surface area contributed by atoms with Crippen LogP contribution < -0.4 is 10.6 Å². The van der Waals surface area contributed by atoms with Crippen molar-refractivity contribution < 1.29 is 14.3 Å². The Morgan fingerprint density at radius 1 is 1.43 bits per heavy atom. The molecule has 0 fully saturated rings. The summed E-state index contributed by atoms with van der Waals surface area (Å²) >= 11 is 1.34. The van der Waals surface area contributed by atoms with Crippen LogP contribution in [0.3, 0.4) is 0 Å². The van der Waals surface area contributed by atoms with Crippen molar-refractivity contribution in [3.63, 3.8) is 0 Å². The topological polar surface area (TPSA) is 83.6 Å². The summed E-state index contributed by atoms with van der Waals surface area (Å²) in [5, 5.41) is 7.58. The molecule has 0 unspecified atom stereocenters. The normalized spacial score (nSPS) is 10.9. The molecule has 21 heavy (non-hydrogen) atoms. The lowest BCUT2D eigenvalue weighted by molar-refractivity contribution is 0.0263. The van der Waals surface area contributed by atoms with Crippen LogP contribution >= 0.6 is 11.3 Å². The summed E-state index contributed by atoms with van der Waals surface area (Å²) in [5.74, 6) is 0. The summed E-state index contributed by atoms with van der Waals surface area (Å²) in [6, 6.07) is -0.342. The van der Waals surface area contributed by atoms with Crippen molar-refractivity contribution in [1.29, 1.82) is 0 Å². The molecule has 3 amide bonds. The molecular weight excluding hydrogens is 292 g/mol. The minimum atomic E-state index is -0.528. The quantitative estimate of drug-likeness (QED) is 0.874. The van der Waals surface area contributed by atoms with Gasteiger partial charge in [0.25, 0.3) is 0 Å². The van der Waals surface area contributed by atoms with Gasteiger partial charge in [-0.25, -0.2) is 14.6 Å². The van der Waals surface area contributed by atoms with Crippen LogP contribution in [0.1, 0.15) is 27.7 Å². The molecular formula is C13H22N4O3S. The molecule has 0 saturated carbocycles. The van der Waals surface area contributed by atoms with Crippen molar-refractivity contribution in [2.45, 2.75) is 33.3 Å². The van der Waals surface area contributed by atoms with Gasteiger partial charge in [-0.05, 0) is 27.7 Å². The second-order valence-electron chi connectivity index (χ2n) is 5.28. The lowest BCUT2D eigenvalue weighted by atomic mass is 10.2. The maximum atomic E-state index is 11.9. The fourth-order valence-electron chi connectivity index (χ4n) is 1.44. The first-order chi connectivity index (χ1) is 9.81. The Morgan fingerprint density at radius 3 is 2.67 bits per heavy atom. The summed E-state index contributed by atoms with van der Waals surface area (Å²) in [5.41, 5.74) is -0.528. The maximum absolute atomic E-state index is 11.9. The molecule has 1 rings (SSSR count). The van der Waals surface area contributed by atoms with Crippen molar-refractivity contribution >= 4 is 28.6 Å². The molecule has 1 heterocycles. The highest BCUT2D eigenvalue weighted by Crippen LogP contribution is 2.10. The third kappa shape index (κ3) is 6.94. The number of carbonyl (C=O) groups is 2. The van der Waals surface area contributed by atoms with E-state index < -0.39 is 5.60 Å². The van der Waals surface area contributed by atoms with Crippen molar-refractivity contribution in [3.8, 4) is 0 Å². The second kappa shape index (κ2) is 7.82. The molecule has 0 aliphatic heterocycles. The van der Waals surface area contributed by atoms with Gasteiger partial charge in [0, 0.05) is 31.2 Å². The number of likely N-dealkylation sites (N-methyl/N-ethyl adjacent to an activating group) is 1. The number of nitrogens with one attached hydrogen (secondary N) is 2. The Bertz CT molecular complexity index is 456. The largest absolute Gasteiger partial charge is 0.444 e. The number of nitrogens with zero attached hydrogens (tertiary/aromatic N) is 2. The minimum absolute atomic E-state index is 0.338. The summed E-state index contributed by atoms with van der Waals surface area (Å²) in [4.78, 5) is 29.0. The number of aromatic nitrogens is 1. The third-order valence-corrected chi connectivity index (χ3v) is 3.04. The molecule has 0 aliphatic rings. The van der Waals surface area contributed by atoms with E-state index in [1.165, 1.54) is 16.2 Å². The van der Waals surface area contributed by atoms with E-state index in [4.69, 9.17) is 4.74 Å². The predicted octanol–water partition coefficient (Wildman–Crippen LogP) is 2.52. The van der Waals surface area contributed by atoms with Crippen molar-refractivity contribution in [2.24, 2.45) is 0 Å². The molecule has 0 spiro atoms. The van der Waals surface area contributed by atoms with Crippen LogP contribution in [0.15, 0.2) is 11.6 Å². The zero-order chi connectivity index (χ0) is 15.9. The number of carbonyl (C=O) groups excluding carboxylic acids is 2. The molecule has 0 atom stereocenters. The standard InChI is InChI=1S/C13H22N4O3S/c1-5-17(12(19)20-13(2,3)4)8-6-14-10(18)16-11-15-7-9-21-11/h7,9H,5-6,8H2,1-4H3,(H2,14,15,16,18). The summed E-state index contributed by atoms with van der Waals surface area (Å²) < 4.78 is 5.28. The molecule has 0 aliphatic carbocycles. The number of hydrogen-bond acceptors (Lipinski definition) is 5. The van der Waals surface area contributed by atoms with Gasteiger partial charge in [0.05, 0.1) is 0 Å². The second-order valence-corrected chi connectivity index (χ2v) is 6.17. The van der Waals surface area contributed by atoms with Crippen molar-refractivity contribution in [2.75, 3.05) is 25.0 Å². The number of ether oxygens (including phenoxy) is 1. The molecule has 0 aromatic carbocycles. The van der Waals surface area contributed by atoms with E-state index in [0.29, 0.717) is 24.8 Å². The van der Waals surface area contributed by atoms with Crippen LogP contribution in [-0.2, 0) is 4.74 Å². The Labute approximate surface area is 128 Å². The molecule has 0 radical (unpaired) electrons. The number of thiazole rings is 1. The molecule has 7 nitrogen and oxygen atoms in total. The van der Waals surface area contributed by atoms with E-state index in [-0.39, 0.29) is 12.1 Å². The molecule has 1 aromatic rings. The average Bonchev–Trinajstić information content (AvgIpc) is 2.85. The van der Waals surface area contributed by atoms with Gasteiger partial charge >= 0.3 is 12.1 Å². The Hall–Kier alpha value is -1.83. The van der Waals surface area contributed by atoms with Crippen LogP contribution in [0.5, 0.6) is 0 Å². The van der Waals surface area contributed by atoms with Crippen LogP contribution in [0.2, 0.25) is 0 Å². The van der Waals surface area contributed by atoms with E-state index in [1.54, 1.807) is 11.6 Å². The zero-order valence-electron chi connectivity index (χ0n) is 12.8. The highest BCUT2D eigenvalue weighted by atomic mass is 32.1. The smallest absolute Gasteiger partial charge is 0.410 e. The fourth-order valence-corrected chi connectivity index (χ4v) is 1.96. The first kappa shape index (κ1) is 17.2. The van der Waals surface area contributed by atoms with Gasteiger partial charge in [0.2, 0.25) is 0 Å². The molecule has 2 N–H and O–H groups in total. The van der Waals surface area contributed by atoms with Gasteiger partial charge < -0.3 is 15.0 Å². The van der Waals surface area contributed by atoms with Crippen LogP contribution in [0.25, 0.3) is 0 Å². The average molecular weight is 314 g/mol. The van der Waals surface area contributed by atoms with Crippen LogP contribution in [0, 0.1) is 0 Å². The molecule has 1 aromatic heterocycles. The molecule has 0 bridgehead atoms. The lowest BCUT2D eigenvalue weighted by Gasteiger charge is -2.26. The Morgan fingerprint density at radius 2 is 2.14 bits per heavy atom. The van der Waals surface area contributed by atoms with E-state index in [1.807, 2.05) is 27.7 Å². The minimum Gasteiger partial charge on any atom is -0.444 e. The van der Waals surface area contributed by atoms with Gasteiger partial charge in [-0.3, -0.25) is 5.32 Å². The number of urea groups is 1. The van der Waals surface area contributed by atoms with Gasteiger partial charge in [-0.2, -0.15) is 0 Å². The first-order valence-corrected chi connectivity index (χ1v) is 7.62. The molecule has 8 heteroatoms. The van der Waals surface area contributed by atoms with Crippen molar-refractivity contribution in [3.05, 3.63) is 11.6 Å². The van der Waals surface area contributed by atoms with E-state index in [2.05, 4.69) is 15.6 Å². The number of rotatable bonds is 5. The third-order valence-electron chi connectivity index (χ3n) is 2.35. The number of amides is 3. The number of anilines is 1. The van der Waals surface area contributed by atoms with Gasteiger partial charge in [0.1, 0.15) is 5.60 Å². The zero-order valence-corrected chi connectivity index (χ0v) is 13.6. The first-order valence-electron chi connectivity index (χ1n) is 6.74. The van der Waals surface area contributed by atoms with Gasteiger partial charge in [-0.15, -0.1) is 11.3 Å². The summed E-state index contributed by atoms with van der Waals surface area (Å²) in [6.07, 6.45) is 1.23.